The van der Waals surface area contributed by atoms with Crippen LogP contribution in [0.2, 0.25) is 0 Å². The summed E-state index contributed by atoms with van der Waals surface area (Å²) in [7, 11) is 0. The Labute approximate surface area is 181 Å². The summed E-state index contributed by atoms with van der Waals surface area (Å²) in [6, 6.07) is 7.57. The number of likely N-dealkylation sites (tertiary alicyclic amines) is 1. The lowest BCUT2D eigenvalue weighted by atomic mass is 9.88. The number of carbonyl (C=O) groups excluding carboxylic acids is 2. The molecule has 0 N–H and O–H groups in total. The van der Waals surface area contributed by atoms with Gasteiger partial charge in [0.1, 0.15) is 13.2 Å². The van der Waals surface area contributed by atoms with Gasteiger partial charge in [-0.3, -0.25) is 9.59 Å². The van der Waals surface area contributed by atoms with E-state index in [2.05, 4.69) is 6.07 Å². The second-order valence-electron chi connectivity index (χ2n) is 8.41. The van der Waals surface area contributed by atoms with Crippen LogP contribution in [-0.4, -0.2) is 42.9 Å². The highest BCUT2D eigenvalue weighted by molar-refractivity contribution is 7.14. The van der Waals surface area contributed by atoms with Crippen LogP contribution < -0.4 is 9.47 Å². The summed E-state index contributed by atoms with van der Waals surface area (Å²) in [6.45, 7) is 2.34. The number of amides is 1. The minimum absolute atomic E-state index is 0.0448. The van der Waals surface area contributed by atoms with Gasteiger partial charge in [0.15, 0.2) is 17.3 Å². The smallest absolute Gasteiger partial charge is 0.263 e. The van der Waals surface area contributed by atoms with Crippen LogP contribution in [0.25, 0.3) is 0 Å². The number of fused-ring (bicyclic) bond motifs is 2. The summed E-state index contributed by atoms with van der Waals surface area (Å²) in [5.41, 5.74) is 2.05. The van der Waals surface area contributed by atoms with Gasteiger partial charge in [-0.1, -0.05) is 6.42 Å². The van der Waals surface area contributed by atoms with Crippen molar-refractivity contribution < 1.29 is 19.1 Å². The van der Waals surface area contributed by atoms with E-state index in [1.54, 1.807) is 17.4 Å². The van der Waals surface area contributed by atoms with Crippen molar-refractivity contribution in [3.63, 3.8) is 0 Å². The molecule has 0 spiro atoms. The largest absolute Gasteiger partial charge is 0.486 e. The van der Waals surface area contributed by atoms with Gasteiger partial charge in [0.2, 0.25) is 0 Å². The topological polar surface area (TPSA) is 55.8 Å². The molecule has 2 aromatic rings. The van der Waals surface area contributed by atoms with E-state index in [4.69, 9.17) is 9.47 Å². The third kappa shape index (κ3) is 3.85. The SMILES string of the molecule is O=C(c1ccc2c(c1)OCCO2)C1CCN(C(=O)c2cc3c(s2)CCCCC3)CC1. The molecule has 3 heterocycles. The fourth-order valence-corrected chi connectivity index (χ4v) is 5.93. The van der Waals surface area contributed by atoms with Gasteiger partial charge >= 0.3 is 0 Å². The average Bonchev–Trinajstić information content (AvgIpc) is 3.08. The van der Waals surface area contributed by atoms with E-state index in [0.717, 1.165) is 17.7 Å². The summed E-state index contributed by atoms with van der Waals surface area (Å²) >= 11 is 1.68. The highest BCUT2D eigenvalue weighted by Gasteiger charge is 2.30. The molecular formula is C24H27NO4S. The highest BCUT2D eigenvalue weighted by Crippen LogP contribution is 2.34. The summed E-state index contributed by atoms with van der Waals surface area (Å²) in [5, 5.41) is 0. The molecule has 30 heavy (non-hydrogen) atoms. The van der Waals surface area contributed by atoms with Gasteiger partial charge < -0.3 is 14.4 Å². The first kappa shape index (κ1) is 19.6. The van der Waals surface area contributed by atoms with Gasteiger partial charge in [-0.25, -0.2) is 0 Å². The Balaban J connectivity index is 1.22. The van der Waals surface area contributed by atoms with Crippen molar-refractivity contribution in [2.24, 2.45) is 5.92 Å². The number of rotatable bonds is 3. The van der Waals surface area contributed by atoms with E-state index in [-0.39, 0.29) is 17.6 Å². The van der Waals surface area contributed by atoms with Crippen molar-refractivity contribution in [3.8, 4) is 11.5 Å². The molecule has 1 amide bonds. The number of ether oxygens (including phenoxy) is 2. The number of ketones is 1. The fraction of sp³-hybridized carbons (Fsp3) is 0.500. The van der Waals surface area contributed by atoms with Crippen LogP contribution in [0, 0.1) is 5.92 Å². The van der Waals surface area contributed by atoms with Crippen LogP contribution in [0.3, 0.4) is 0 Å². The molecule has 1 aromatic heterocycles. The Morgan fingerprint density at radius 2 is 1.70 bits per heavy atom. The zero-order chi connectivity index (χ0) is 20.5. The maximum atomic E-state index is 13.0. The maximum absolute atomic E-state index is 13.0. The predicted octanol–water partition coefficient (Wildman–Crippen LogP) is 4.52. The van der Waals surface area contributed by atoms with Crippen molar-refractivity contribution in [1.29, 1.82) is 0 Å². The summed E-state index contributed by atoms with van der Waals surface area (Å²) in [4.78, 5) is 30.2. The average molecular weight is 426 g/mol. The monoisotopic (exact) mass is 425 g/mol. The van der Waals surface area contributed by atoms with Crippen LogP contribution >= 0.6 is 11.3 Å². The fourth-order valence-electron chi connectivity index (χ4n) is 4.71. The molecule has 158 valence electrons. The molecular weight excluding hydrogens is 398 g/mol. The normalized spacial score (nSPS) is 19.1. The number of piperidine rings is 1. The van der Waals surface area contributed by atoms with E-state index >= 15 is 0 Å². The molecule has 2 aliphatic heterocycles. The number of hydrogen-bond donors (Lipinski definition) is 0. The van der Waals surface area contributed by atoms with Crippen LogP contribution in [0.5, 0.6) is 11.5 Å². The first-order valence-corrected chi connectivity index (χ1v) is 11.9. The van der Waals surface area contributed by atoms with E-state index in [1.807, 2.05) is 17.0 Å². The van der Waals surface area contributed by atoms with Crippen molar-refractivity contribution >= 4 is 23.0 Å². The third-order valence-electron chi connectivity index (χ3n) is 6.44. The number of carbonyl (C=O) groups is 2. The number of aryl methyl sites for hydroxylation is 2. The quantitative estimate of drug-likeness (QED) is 0.536. The minimum Gasteiger partial charge on any atom is -0.486 e. The Kier molecular flexibility index (Phi) is 5.50. The van der Waals surface area contributed by atoms with E-state index < -0.39 is 0 Å². The van der Waals surface area contributed by atoms with E-state index in [9.17, 15) is 9.59 Å². The maximum Gasteiger partial charge on any atom is 0.263 e. The van der Waals surface area contributed by atoms with Crippen molar-refractivity contribution in [2.75, 3.05) is 26.3 Å². The van der Waals surface area contributed by atoms with Gasteiger partial charge in [-0.15, -0.1) is 11.3 Å². The molecule has 0 atom stereocenters. The molecule has 1 fully saturated rings. The molecule has 0 unspecified atom stereocenters. The summed E-state index contributed by atoms with van der Waals surface area (Å²) < 4.78 is 11.2. The van der Waals surface area contributed by atoms with Crippen molar-refractivity contribution in [2.45, 2.75) is 44.9 Å². The highest BCUT2D eigenvalue weighted by atomic mass is 32.1. The number of benzene rings is 1. The molecule has 0 bridgehead atoms. The summed E-state index contributed by atoms with van der Waals surface area (Å²) in [6.07, 6.45) is 7.38. The zero-order valence-corrected chi connectivity index (χ0v) is 18.0. The van der Waals surface area contributed by atoms with Gasteiger partial charge in [0, 0.05) is 29.4 Å². The Bertz CT molecular complexity index is 935. The van der Waals surface area contributed by atoms with Crippen LogP contribution in [-0.2, 0) is 12.8 Å². The summed E-state index contributed by atoms with van der Waals surface area (Å²) in [5.74, 6) is 1.58. The van der Waals surface area contributed by atoms with Gasteiger partial charge in [-0.05, 0) is 68.4 Å². The Morgan fingerprint density at radius 1 is 0.933 bits per heavy atom. The third-order valence-corrected chi connectivity index (χ3v) is 7.66. The van der Waals surface area contributed by atoms with E-state index in [0.29, 0.717) is 56.2 Å². The molecule has 0 radical (unpaired) electrons. The second-order valence-corrected chi connectivity index (χ2v) is 9.55. The molecule has 5 rings (SSSR count). The van der Waals surface area contributed by atoms with Crippen molar-refractivity contribution in [1.82, 2.24) is 4.90 Å². The van der Waals surface area contributed by atoms with Crippen LogP contribution in [0.15, 0.2) is 24.3 Å². The number of nitrogens with zero attached hydrogens (tertiary/aromatic N) is 1. The molecule has 1 aromatic carbocycles. The number of hydrogen-bond acceptors (Lipinski definition) is 5. The molecule has 0 saturated carbocycles. The Hall–Kier alpha value is -2.34. The first-order valence-electron chi connectivity index (χ1n) is 11.0. The first-order chi connectivity index (χ1) is 14.7. The predicted molar refractivity (Wildman–Crippen MR) is 116 cm³/mol. The number of Topliss-reactive ketones (excluding diaryl/α,β-unsaturated/α-hetero) is 1. The van der Waals surface area contributed by atoms with Gasteiger partial charge in [0.05, 0.1) is 4.88 Å². The molecule has 3 aliphatic rings. The zero-order valence-electron chi connectivity index (χ0n) is 17.2. The van der Waals surface area contributed by atoms with Gasteiger partial charge in [0.25, 0.3) is 5.91 Å². The lowest BCUT2D eigenvalue weighted by Gasteiger charge is -2.31. The molecule has 1 aliphatic carbocycles. The van der Waals surface area contributed by atoms with Gasteiger partial charge in [-0.2, -0.15) is 0 Å². The molecule has 1 saturated heterocycles. The number of thiophene rings is 1. The Morgan fingerprint density at radius 3 is 2.53 bits per heavy atom. The lowest BCUT2D eigenvalue weighted by molar-refractivity contribution is 0.0654. The lowest BCUT2D eigenvalue weighted by Crippen LogP contribution is -2.40. The van der Waals surface area contributed by atoms with Crippen molar-refractivity contribution in [3.05, 3.63) is 45.1 Å². The van der Waals surface area contributed by atoms with Crippen LogP contribution in [0.1, 0.15) is 62.6 Å². The molecule has 6 heteroatoms. The molecule has 5 nitrogen and oxygen atoms in total. The van der Waals surface area contributed by atoms with E-state index in [1.165, 1.54) is 29.7 Å². The second kappa shape index (κ2) is 8.42. The minimum atomic E-state index is -0.0448. The standard InChI is InChI=1S/C24H27NO4S/c26-23(18-6-7-19-20(14-18)29-13-12-28-19)16-8-10-25(11-9-16)24(27)22-15-17-4-2-1-3-5-21(17)30-22/h6-7,14-16H,1-5,8-13H2. The van der Waals surface area contributed by atoms with Crippen LogP contribution in [0.4, 0.5) is 0 Å².